The van der Waals surface area contributed by atoms with E-state index in [0.717, 1.165) is 12.1 Å². The van der Waals surface area contributed by atoms with E-state index in [1.807, 2.05) is 9.97 Å². The Labute approximate surface area is 121 Å². The summed E-state index contributed by atoms with van der Waals surface area (Å²) in [6.07, 6.45) is -4.52. The van der Waals surface area contributed by atoms with E-state index >= 15 is 0 Å². The van der Waals surface area contributed by atoms with Gasteiger partial charge in [0.05, 0.1) is 17.0 Å². The van der Waals surface area contributed by atoms with Gasteiger partial charge >= 0.3 is 11.9 Å². The van der Waals surface area contributed by atoms with Gasteiger partial charge < -0.3 is 5.11 Å². The fraction of sp³-hybridized carbons (Fsp3) is 0.154. The van der Waals surface area contributed by atoms with Crippen LogP contribution in [0.15, 0.2) is 38.8 Å². The van der Waals surface area contributed by atoms with Crippen LogP contribution < -0.4 is 11.2 Å². The molecule has 6 nitrogen and oxygen atoms in total. The number of hydrogen-bond acceptors (Lipinski definition) is 4. The molecule has 9 heteroatoms. The highest BCUT2D eigenvalue weighted by atomic mass is 19.4. The zero-order chi connectivity index (χ0) is 16.5. The summed E-state index contributed by atoms with van der Waals surface area (Å²) in [5.41, 5.74) is -3.10. The van der Waals surface area contributed by atoms with Gasteiger partial charge in [0.15, 0.2) is 0 Å². The molecule has 22 heavy (non-hydrogen) atoms. The third-order valence-electron chi connectivity index (χ3n) is 2.75. The molecule has 0 saturated carbocycles. The topological polar surface area (TPSA) is 98.3 Å². The van der Waals surface area contributed by atoms with Crippen LogP contribution in [0.4, 0.5) is 18.9 Å². The van der Waals surface area contributed by atoms with Gasteiger partial charge in [-0.2, -0.15) is 13.2 Å². The van der Waals surface area contributed by atoms with Crippen molar-refractivity contribution >= 4 is 11.4 Å². The molecule has 0 radical (unpaired) electrons. The van der Waals surface area contributed by atoms with Crippen molar-refractivity contribution in [2.45, 2.75) is 13.1 Å². The van der Waals surface area contributed by atoms with Crippen LogP contribution in [0.3, 0.4) is 0 Å². The lowest BCUT2D eigenvalue weighted by Gasteiger charge is -2.07. The van der Waals surface area contributed by atoms with Crippen molar-refractivity contribution < 1.29 is 18.3 Å². The summed E-state index contributed by atoms with van der Waals surface area (Å²) in [5, 5.41) is 9.57. The van der Waals surface area contributed by atoms with Crippen LogP contribution in [0.2, 0.25) is 0 Å². The fourth-order valence-electron chi connectivity index (χ4n) is 1.81. The molecule has 0 saturated heterocycles. The molecule has 1 aromatic heterocycles. The van der Waals surface area contributed by atoms with Gasteiger partial charge in [0.2, 0.25) is 5.88 Å². The van der Waals surface area contributed by atoms with Crippen molar-refractivity contribution in [2.75, 3.05) is 0 Å². The number of nitrogens with zero attached hydrogens (tertiary/aromatic N) is 1. The number of aromatic amines is 2. The third-order valence-corrected chi connectivity index (χ3v) is 2.75. The van der Waals surface area contributed by atoms with Gasteiger partial charge in [-0.25, -0.2) is 4.79 Å². The average Bonchev–Trinajstić information content (AvgIpc) is 2.36. The molecule has 116 valence electrons. The minimum Gasteiger partial charge on any atom is -0.494 e. The number of aliphatic imine (C=N–C) groups is 1. The Kier molecular flexibility index (Phi) is 3.89. The largest absolute Gasteiger partial charge is 0.494 e. The van der Waals surface area contributed by atoms with Crippen LogP contribution >= 0.6 is 0 Å². The van der Waals surface area contributed by atoms with Gasteiger partial charge in [0.25, 0.3) is 5.56 Å². The van der Waals surface area contributed by atoms with Crippen LogP contribution in [0.25, 0.3) is 0 Å². The van der Waals surface area contributed by atoms with E-state index in [0.29, 0.717) is 0 Å². The number of alkyl halides is 3. The SMILES string of the molecule is CC(=Nc1cccc(C(F)(F)F)c1)c1c(O)[nH]c(=O)[nH]c1=O. The van der Waals surface area contributed by atoms with Gasteiger partial charge in [-0.3, -0.25) is 19.8 Å². The number of hydrogen-bond donors (Lipinski definition) is 3. The van der Waals surface area contributed by atoms with E-state index in [1.165, 1.54) is 19.1 Å². The molecule has 0 aliphatic heterocycles. The first-order valence-corrected chi connectivity index (χ1v) is 5.97. The summed E-state index contributed by atoms with van der Waals surface area (Å²) in [6, 6.07) is 4.18. The molecular formula is C13H10F3N3O3. The van der Waals surface area contributed by atoms with Gasteiger partial charge in [-0.1, -0.05) is 6.07 Å². The highest BCUT2D eigenvalue weighted by molar-refractivity contribution is 6.01. The van der Waals surface area contributed by atoms with E-state index in [2.05, 4.69) is 4.99 Å². The molecule has 0 amide bonds. The Bertz CT molecular complexity index is 850. The minimum absolute atomic E-state index is 0.0441. The molecule has 0 spiro atoms. The zero-order valence-corrected chi connectivity index (χ0v) is 11.2. The molecule has 2 aromatic rings. The maximum absolute atomic E-state index is 12.6. The lowest BCUT2D eigenvalue weighted by Crippen LogP contribution is -2.27. The molecule has 0 unspecified atom stereocenters. The number of nitrogens with one attached hydrogen (secondary N) is 2. The lowest BCUT2D eigenvalue weighted by molar-refractivity contribution is -0.137. The fourth-order valence-corrected chi connectivity index (χ4v) is 1.81. The van der Waals surface area contributed by atoms with Crippen LogP contribution in [0.5, 0.6) is 5.88 Å². The Balaban J connectivity index is 2.51. The smallest absolute Gasteiger partial charge is 0.416 e. The first-order valence-electron chi connectivity index (χ1n) is 5.97. The van der Waals surface area contributed by atoms with E-state index in [-0.39, 0.29) is 17.0 Å². The third kappa shape index (κ3) is 3.25. The van der Waals surface area contributed by atoms with Crippen molar-refractivity contribution in [1.82, 2.24) is 9.97 Å². The van der Waals surface area contributed by atoms with E-state index < -0.39 is 28.9 Å². The van der Waals surface area contributed by atoms with Crippen molar-refractivity contribution in [3.63, 3.8) is 0 Å². The summed E-state index contributed by atoms with van der Waals surface area (Å²) in [6.45, 7) is 1.32. The summed E-state index contributed by atoms with van der Waals surface area (Å²) < 4.78 is 37.9. The number of aromatic hydroxyl groups is 1. The Morgan fingerprint density at radius 2 is 1.91 bits per heavy atom. The van der Waals surface area contributed by atoms with Crippen LogP contribution in [-0.4, -0.2) is 20.8 Å². The molecule has 3 N–H and O–H groups in total. The number of H-pyrrole nitrogens is 2. The van der Waals surface area contributed by atoms with E-state index in [1.54, 1.807) is 0 Å². The molecule has 2 rings (SSSR count). The summed E-state index contributed by atoms with van der Waals surface area (Å²) in [5.74, 6) is -0.707. The Morgan fingerprint density at radius 1 is 1.23 bits per heavy atom. The predicted molar refractivity (Wildman–Crippen MR) is 72.7 cm³/mol. The number of halogens is 3. The molecule has 0 aliphatic carbocycles. The molecule has 0 atom stereocenters. The maximum Gasteiger partial charge on any atom is 0.416 e. The standard InChI is InChI=1S/C13H10F3N3O3/c1-6(9-10(20)18-12(22)19-11(9)21)17-8-4-2-3-7(5-8)13(14,15)16/h2-5H,1H3,(H3,18,19,20,21,22). The molecule has 1 aromatic carbocycles. The monoisotopic (exact) mass is 313 g/mol. The van der Waals surface area contributed by atoms with Crippen molar-refractivity contribution in [2.24, 2.45) is 4.99 Å². The van der Waals surface area contributed by atoms with E-state index in [9.17, 15) is 27.9 Å². The summed E-state index contributed by atoms with van der Waals surface area (Å²) in [4.78, 5) is 30.3. The first kappa shape index (κ1) is 15.5. The van der Waals surface area contributed by atoms with Crippen LogP contribution in [0, 0.1) is 0 Å². The number of benzene rings is 1. The van der Waals surface area contributed by atoms with Gasteiger partial charge in [0, 0.05) is 0 Å². The maximum atomic E-state index is 12.6. The highest BCUT2D eigenvalue weighted by Crippen LogP contribution is 2.31. The second kappa shape index (κ2) is 5.51. The number of rotatable bonds is 2. The van der Waals surface area contributed by atoms with Gasteiger partial charge in [-0.05, 0) is 25.1 Å². The van der Waals surface area contributed by atoms with Crippen LogP contribution in [0.1, 0.15) is 18.1 Å². The van der Waals surface area contributed by atoms with Crippen LogP contribution in [-0.2, 0) is 6.18 Å². The quantitative estimate of drug-likeness (QED) is 0.739. The first-order chi connectivity index (χ1) is 10.2. The molecule has 0 aliphatic rings. The van der Waals surface area contributed by atoms with Crippen molar-refractivity contribution in [1.29, 1.82) is 0 Å². The Morgan fingerprint density at radius 3 is 2.50 bits per heavy atom. The van der Waals surface area contributed by atoms with Crippen molar-refractivity contribution in [3.8, 4) is 5.88 Å². The number of aromatic nitrogens is 2. The second-order valence-electron chi connectivity index (χ2n) is 4.38. The summed E-state index contributed by atoms with van der Waals surface area (Å²) in [7, 11) is 0. The second-order valence-corrected chi connectivity index (χ2v) is 4.38. The molecule has 0 fully saturated rings. The lowest BCUT2D eigenvalue weighted by atomic mass is 10.2. The van der Waals surface area contributed by atoms with Gasteiger partial charge in [-0.15, -0.1) is 0 Å². The Hall–Kier alpha value is -2.84. The minimum atomic E-state index is -4.52. The van der Waals surface area contributed by atoms with E-state index in [4.69, 9.17) is 0 Å². The zero-order valence-electron chi connectivity index (χ0n) is 11.2. The van der Waals surface area contributed by atoms with Crippen molar-refractivity contribution in [3.05, 3.63) is 56.2 Å². The highest BCUT2D eigenvalue weighted by Gasteiger charge is 2.30. The van der Waals surface area contributed by atoms with Gasteiger partial charge in [0.1, 0.15) is 5.56 Å². The normalized spacial score (nSPS) is 12.5. The summed E-state index contributed by atoms with van der Waals surface area (Å²) >= 11 is 0. The average molecular weight is 313 g/mol. The molecular weight excluding hydrogens is 303 g/mol. The molecule has 1 heterocycles. The predicted octanol–water partition coefficient (Wildman–Crippen LogP) is 1.93. The molecule has 0 bridgehead atoms.